The van der Waals surface area contributed by atoms with Gasteiger partial charge in [-0.1, -0.05) is 13.0 Å². The lowest BCUT2D eigenvalue weighted by atomic mass is 10.2. The van der Waals surface area contributed by atoms with Gasteiger partial charge in [-0.15, -0.1) is 0 Å². The maximum absolute atomic E-state index is 11.6. The highest BCUT2D eigenvalue weighted by Gasteiger charge is 2.06. The number of carbonyl (C=O) groups excluding carboxylic acids is 1. The van der Waals surface area contributed by atoms with Gasteiger partial charge in [0.15, 0.2) is 11.5 Å². The van der Waals surface area contributed by atoms with E-state index in [-0.39, 0.29) is 17.7 Å². The Kier molecular flexibility index (Phi) is 7.61. The summed E-state index contributed by atoms with van der Waals surface area (Å²) >= 11 is 0. The average molecular weight is 294 g/mol. The summed E-state index contributed by atoms with van der Waals surface area (Å²) in [5.74, 6) is 0.706. The molecule has 5 nitrogen and oxygen atoms in total. The van der Waals surface area contributed by atoms with Crippen molar-refractivity contribution in [2.75, 3.05) is 13.2 Å². The molecule has 1 rings (SSSR count). The van der Waals surface area contributed by atoms with Crippen molar-refractivity contribution in [2.45, 2.75) is 46.2 Å². The summed E-state index contributed by atoms with van der Waals surface area (Å²) in [5, 5.41) is 15.8. The Morgan fingerprint density at radius 1 is 1.38 bits per heavy atom. The first kappa shape index (κ1) is 17.3. The van der Waals surface area contributed by atoms with Gasteiger partial charge in [0.2, 0.25) is 5.91 Å². The van der Waals surface area contributed by atoms with Crippen molar-refractivity contribution >= 4 is 5.91 Å². The van der Waals surface area contributed by atoms with Crippen molar-refractivity contribution in [2.24, 2.45) is 0 Å². The van der Waals surface area contributed by atoms with Crippen LogP contribution in [-0.4, -0.2) is 30.2 Å². The molecule has 5 heteroatoms. The van der Waals surface area contributed by atoms with Crippen molar-refractivity contribution in [1.82, 2.24) is 10.6 Å². The van der Waals surface area contributed by atoms with E-state index >= 15 is 0 Å². The zero-order valence-corrected chi connectivity index (χ0v) is 13.1. The number of benzene rings is 1. The Balaban J connectivity index is 2.32. The van der Waals surface area contributed by atoms with Crippen LogP contribution in [0.4, 0.5) is 0 Å². The molecule has 1 aromatic rings. The number of amides is 1. The van der Waals surface area contributed by atoms with E-state index in [0.717, 1.165) is 12.0 Å². The first-order valence-electron chi connectivity index (χ1n) is 7.51. The molecular weight excluding hydrogens is 268 g/mol. The molecule has 0 aromatic heterocycles. The second-order valence-electron chi connectivity index (χ2n) is 5.04. The van der Waals surface area contributed by atoms with Gasteiger partial charge in [0, 0.05) is 25.6 Å². The molecule has 21 heavy (non-hydrogen) atoms. The summed E-state index contributed by atoms with van der Waals surface area (Å²) < 4.78 is 5.34. The lowest BCUT2D eigenvalue weighted by Gasteiger charge is -2.12. The van der Waals surface area contributed by atoms with E-state index in [1.807, 2.05) is 32.9 Å². The van der Waals surface area contributed by atoms with Crippen LogP contribution in [0.25, 0.3) is 0 Å². The van der Waals surface area contributed by atoms with E-state index in [2.05, 4.69) is 10.6 Å². The van der Waals surface area contributed by atoms with Gasteiger partial charge in [-0.25, -0.2) is 0 Å². The molecule has 0 aliphatic heterocycles. The number of nitrogens with one attached hydrogen (secondary N) is 2. The molecule has 1 atom stereocenters. The minimum Gasteiger partial charge on any atom is -0.504 e. The SMILES string of the molecule is CCOc1cc(CNCCC(=O)NC(C)CC)ccc1O. The second-order valence-corrected chi connectivity index (χ2v) is 5.04. The Bertz CT molecular complexity index is 449. The first-order chi connectivity index (χ1) is 10.1. The van der Waals surface area contributed by atoms with Crippen LogP contribution in [-0.2, 0) is 11.3 Å². The minimum absolute atomic E-state index is 0.0672. The molecule has 0 heterocycles. The third kappa shape index (κ3) is 6.49. The Hall–Kier alpha value is -1.75. The maximum atomic E-state index is 11.6. The van der Waals surface area contributed by atoms with Crippen LogP contribution >= 0.6 is 0 Å². The van der Waals surface area contributed by atoms with Crippen molar-refractivity contribution in [1.29, 1.82) is 0 Å². The summed E-state index contributed by atoms with van der Waals surface area (Å²) in [7, 11) is 0. The maximum Gasteiger partial charge on any atom is 0.221 e. The van der Waals surface area contributed by atoms with Gasteiger partial charge in [-0.3, -0.25) is 4.79 Å². The highest BCUT2D eigenvalue weighted by Crippen LogP contribution is 2.26. The number of carbonyl (C=O) groups is 1. The number of ether oxygens (including phenoxy) is 1. The van der Waals surface area contributed by atoms with E-state index in [0.29, 0.717) is 31.9 Å². The van der Waals surface area contributed by atoms with Gasteiger partial charge >= 0.3 is 0 Å². The Labute approximate surface area is 126 Å². The normalized spacial score (nSPS) is 12.0. The second kappa shape index (κ2) is 9.23. The van der Waals surface area contributed by atoms with Gasteiger partial charge in [0.25, 0.3) is 0 Å². The van der Waals surface area contributed by atoms with Crippen LogP contribution < -0.4 is 15.4 Å². The Morgan fingerprint density at radius 2 is 2.14 bits per heavy atom. The highest BCUT2D eigenvalue weighted by molar-refractivity contribution is 5.76. The van der Waals surface area contributed by atoms with Gasteiger partial charge < -0.3 is 20.5 Å². The largest absolute Gasteiger partial charge is 0.504 e. The fourth-order valence-electron chi connectivity index (χ4n) is 1.82. The van der Waals surface area contributed by atoms with Crippen LogP contribution in [0.5, 0.6) is 11.5 Å². The third-order valence-corrected chi connectivity index (χ3v) is 3.20. The lowest BCUT2D eigenvalue weighted by Crippen LogP contribution is -2.33. The number of hydrogen-bond donors (Lipinski definition) is 3. The number of phenolic OH excluding ortho intramolecular Hbond substituents is 1. The van der Waals surface area contributed by atoms with Crippen molar-refractivity contribution in [3.63, 3.8) is 0 Å². The zero-order chi connectivity index (χ0) is 15.7. The van der Waals surface area contributed by atoms with Crippen molar-refractivity contribution in [3.8, 4) is 11.5 Å². The van der Waals surface area contributed by atoms with E-state index in [9.17, 15) is 9.90 Å². The van der Waals surface area contributed by atoms with Gasteiger partial charge in [-0.05, 0) is 38.0 Å². The molecular formula is C16H26N2O3. The smallest absolute Gasteiger partial charge is 0.221 e. The molecule has 1 aromatic carbocycles. The fourth-order valence-corrected chi connectivity index (χ4v) is 1.82. The summed E-state index contributed by atoms with van der Waals surface area (Å²) in [6.45, 7) is 7.69. The van der Waals surface area contributed by atoms with E-state index in [1.165, 1.54) is 0 Å². The summed E-state index contributed by atoms with van der Waals surface area (Å²) in [6.07, 6.45) is 1.40. The molecule has 118 valence electrons. The predicted octanol–water partition coefficient (Wildman–Crippen LogP) is 2.19. The van der Waals surface area contributed by atoms with E-state index in [1.54, 1.807) is 6.07 Å². The molecule has 0 saturated carbocycles. The van der Waals surface area contributed by atoms with E-state index < -0.39 is 0 Å². The van der Waals surface area contributed by atoms with Crippen LogP contribution in [0, 0.1) is 0 Å². The highest BCUT2D eigenvalue weighted by atomic mass is 16.5. The third-order valence-electron chi connectivity index (χ3n) is 3.20. The van der Waals surface area contributed by atoms with Crippen molar-refractivity contribution < 1.29 is 14.6 Å². The minimum atomic E-state index is 0.0672. The molecule has 0 bridgehead atoms. The van der Waals surface area contributed by atoms with Gasteiger partial charge in [-0.2, -0.15) is 0 Å². The molecule has 1 unspecified atom stereocenters. The van der Waals surface area contributed by atoms with E-state index in [4.69, 9.17) is 4.74 Å². The lowest BCUT2D eigenvalue weighted by molar-refractivity contribution is -0.121. The van der Waals surface area contributed by atoms with Crippen LogP contribution in [0.1, 0.15) is 39.2 Å². The summed E-state index contributed by atoms with van der Waals surface area (Å²) in [6, 6.07) is 5.50. The number of hydrogen-bond acceptors (Lipinski definition) is 4. The molecule has 0 spiro atoms. The standard InChI is InChI=1S/C16H26N2O3/c1-4-12(3)18-16(20)8-9-17-11-13-6-7-14(19)15(10-13)21-5-2/h6-7,10,12,17,19H,4-5,8-9,11H2,1-3H3,(H,18,20). The average Bonchev–Trinajstić information content (AvgIpc) is 2.47. The predicted molar refractivity (Wildman–Crippen MR) is 83.5 cm³/mol. The summed E-state index contributed by atoms with van der Waals surface area (Å²) in [4.78, 5) is 11.6. The number of phenols is 1. The Morgan fingerprint density at radius 3 is 2.81 bits per heavy atom. The molecule has 1 amide bonds. The molecule has 0 aliphatic rings. The number of aromatic hydroxyl groups is 1. The molecule has 0 fully saturated rings. The first-order valence-corrected chi connectivity index (χ1v) is 7.51. The monoisotopic (exact) mass is 294 g/mol. The van der Waals surface area contributed by atoms with Crippen LogP contribution in [0.2, 0.25) is 0 Å². The topological polar surface area (TPSA) is 70.6 Å². The van der Waals surface area contributed by atoms with Crippen molar-refractivity contribution in [3.05, 3.63) is 23.8 Å². The molecule has 0 radical (unpaired) electrons. The van der Waals surface area contributed by atoms with Crippen LogP contribution in [0.3, 0.4) is 0 Å². The quantitative estimate of drug-likeness (QED) is 0.611. The van der Waals surface area contributed by atoms with Gasteiger partial charge in [0.1, 0.15) is 0 Å². The fraction of sp³-hybridized carbons (Fsp3) is 0.562. The molecule has 3 N–H and O–H groups in total. The summed E-state index contributed by atoms with van der Waals surface area (Å²) in [5.41, 5.74) is 1.01. The zero-order valence-electron chi connectivity index (χ0n) is 13.1. The number of rotatable bonds is 9. The van der Waals surface area contributed by atoms with Gasteiger partial charge in [0.05, 0.1) is 6.61 Å². The molecule has 0 saturated heterocycles. The van der Waals surface area contributed by atoms with Crippen LogP contribution in [0.15, 0.2) is 18.2 Å². The molecule has 0 aliphatic carbocycles.